The summed E-state index contributed by atoms with van der Waals surface area (Å²) < 4.78 is 29.0. The number of benzene rings is 4. The summed E-state index contributed by atoms with van der Waals surface area (Å²) in [7, 11) is -4.31. The van der Waals surface area contributed by atoms with Crippen LogP contribution in [0, 0.1) is 23.0 Å². The Morgan fingerprint density at radius 1 is 0.826 bits per heavy atom. The van der Waals surface area contributed by atoms with Crippen LogP contribution in [0.4, 0.5) is 11.4 Å². The number of anilines is 1. The number of nitro groups is 1. The number of hydrogen-bond donors (Lipinski definition) is 1. The molecule has 0 fully saturated rings. The van der Waals surface area contributed by atoms with Crippen LogP contribution in [0.5, 0.6) is 0 Å². The van der Waals surface area contributed by atoms with E-state index in [1.165, 1.54) is 41.3 Å². The summed E-state index contributed by atoms with van der Waals surface area (Å²) in [5, 5.41) is 14.3. The van der Waals surface area contributed by atoms with Crippen LogP contribution in [0.15, 0.2) is 114 Å². The molecule has 0 spiro atoms. The third-order valence-electron chi connectivity index (χ3n) is 7.39. The van der Waals surface area contributed by atoms with Gasteiger partial charge in [-0.15, -0.1) is 0 Å². The monoisotopic (exact) mass is 642 g/mol. The molecule has 0 aliphatic rings. The Morgan fingerprint density at radius 3 is 1.98 bits per heavy atom. The van der Waals surface area contributed by atoms with Gasteiger partial charge in [0.2, 0.25) is 11.8 Å². The van der Waals surface area contributed by atoms with Gasteiger partial charge in [-0.2, -0.15) is 0 Å². The van der Waals surface area contributed by atoms with Gasteiger partial charge in [0.15, 0.2) is 0 Å². The van der Waals surface area contributed by atoms with Crippen molar-refractivity contribution in [3.05, 3.63) is 136 Å². The minimum atomic E-state index is -4.31. The minimum absolute atomic E-state index is 0.0468. The second kappa shape index (κ2) is 15.3. The van der Waals surface area contributed by atoms with Crippen LogP contribution in [-0.2, 0) is 32.6 Å². The molecule has 10 nitrogen and oxygen atoms in total. The van der Waals surface area contributed by atoms with Gasteiger partial charge in [-0.3, -0.25) is 24.0 Å². The molecule has 46 heavy (non-hydrogen) atoms. The molecule has 1 atom stereocenters. The first-order valence-electron chi connectivity index (χ1n) is 14.9. The van der Waals surface area contributed by atoms with E-state index < -0.39 is 33.4 Å². The Bertz CT molecular complexity index is 1730. The summed E-state index contributed by atoms with van der Waals surface area (Å²) in [5.74, 6) is -0.805. The Kier molecular flexibility index (Phi) is 11.3. The molecule has 0 saturated heterocycles. The quantitative estimate of drug-likeness (QED) is 0.143. The van der Waals surface area contributed by atoms with Gasteiger partial charge < -0.3 is 10.2 Å². The first-order valence-corrected chi connectivity index (χ1v) is 16.4. The van der Waals surface area contributed by atoms with Gasteiger partial charge in [0, 0.05) is 31.6 Å². The normalized spacial score (nSPS) is 11.9. The fourth-order valence-corrected chi connectivity index (χ4v) is 6.29. The Hall–Kier alpha value is -5.03. The molecule has 0 heterocycles. The standard InChI is InChI=1S/C35H38N4O6S/c1-26(2)23-36-35(41)33(22-28-10-6-4-7-11-28)37(24-29-16-14-27(3)15-17-29)34(40)25-38(30-18-20-31(21-19-30)39(42)43)46(44,45)32-12-8-5-9-13-32/h4-21,26,33H,22-25H2,1-3H3,(H,36,41). The zero-order valence-electron chi connectivity index (χ0n) is 26.1. The molecule has 240 valence electrons. The van der Waals surface area contributed by atoms with Crippen molar-refractivity contribution in [1.29, 1.82) is 0 Å². The number of hydrogen-bond acceptors (Lipinski definition) is 6. The average Bonchev–Trinajstić information content (AvgIpc) is 3.05. The van der Waals surface area contributed by atoms with Crippen LogP contribution in [-0.4, -0.2) is 49.2 Å². The molecule has 4 aromatic carbocycles. The Morgan fingerprint density at radius 2 is 1.41 bits per heavy atom. The molecular formula is C35H38N4O6S. The molecular weight excluding hydrogens is 604 g/mol. The summed E-state index contributed by atoms with van der Waals surface area (Å²) in [4.78, 5) is 40.4. The van der Waals surface area contributed by atoms with E-state index in [9.17, 15) is 28.1 Å². The highest BCUT2D eigenvalue weighted by Gasteiger charge is 2.34. The predicted molar refractivity (Wildman–Crippen MR) is 178 cm³/mol. The third-order valence-corrected chi connectivity index (χ3v) is 9.18. The van der Waals surface area contributed by atoms with Crippen molar-refractivity contribution >= 4 is 33.2 Å². The molecule has 4 rings (SSSR count). The van der Waals surface area contributed by atoms with Crippen molar-refractivity contribution < 1.29 is 22.9 Å². The fourth-order valence-electron chi connectivity index (χ4n) is 4.86. The van der Waals surface area contributed by atoms with E-state index >= 15 is 0 Å². The molecule has 11 heteroatoms. The number of carbonyl (C=O) groups is 2. The van der Waals surface area contributed by atoms with E-state index in [1.807, 2.05) is 75.4 Å². The molecule has 0 aliphatic carbocycles. The van der Waals surface area contributed by atoms with Crippen LogP contribution in [0.2, 0.25) is 0 Å². The number of nitrogens with one attached hydrogen (secondary N) is 1. The van der Waals surface area contributed by atoms with Crippen molar-refractivity contribution in [2.75, 3.05) is 17.4 Å². The molecule has 0 bridgehead atoms. The van der Waals surface area contributed by atoms with Crippen molar-refractivity contribution in [1.82, 2.24) is 10.2 Å². The average molecular weight is 643 g/mol. The molecule has 0 aromatic heterocycles. The van der Waals surface area contributed by atoms with E-state index in [0.717, 1.165) is 21.0 Å². The highest BCUT2D eigenvalue weighted by Crippen LogP contribution is 2.27. The minimum Gasteiger partial charge on any atom is -0.354 e. The number of carbonyl (C=O) groups excluding carboxylic acids is 2. The first-order chi connectivity index (χ1) is 22.0. The van der Waals surface area contributed by atoms with Crippen molar-refractivity contribution in [3.8, 4) is 0 Å². The van der Waals surface area contributed by atoms with Gasteiger partial charge in [0.1, 0.15) is 12.6 Å². The number of aryl methyl sites for hydroxylation is 1. The van der Waals surface area contributed by atoms with Gasteiger partial charge in [0.05, 0.1) is 15.5 Å². The maximum absolute atomic E-state index is 14.5. The lowest BCUT2D eigenvalue weighted by molar-refractivity contribution is -0.384. The maximum Gasteiger partial charge on any atom is 0.269 e. The molecule has 0 radical (unpaired) electrons. The number of nitrogens with zero attached hydrogens (tertiary/aromatic N) is 3. The lowest BCUT2D eigenvalue weighted by Crippen LogP contribution is -2.53. The summed E-state index contributed by atoms with van der Waals surface area (Å²) in [6, 6.07) is 28.5. The summed E-state index contributed by atoms with van der Waals surface area (Å²) in [6.45, 7) is 5.68. The van der Waals surface area contributed by atoms with Crippen LogP contribution >= 0.6 is 0 Å². The SMILES string of the molecule is Cc1ccc(CN(C(=O)CN(c2ccc([N+](=O)[O-])cc2)S(=O)(=O)c2ccccc2)C(Cc2ccccc2)C(=O)NCC(C)C)cc1. The van der Waals surface area contributed by atoms with Gasteiger partial charge in [-0.1, -0.05) is 92.2 Å². The van der Waals surface area contributed by atoms with Crippen molar-refractivity contribution in [2.45, 2.75) is 44.7 Å². The highest BCUT2D eigenvalue weighted by molar-refractivity contribution is 7.92. The lowest BCUT2D eigenvalue weighted by Gasteiger charge is -2.34. The van der Waals surface area contributed by atoms with E-state index in [0.29, 0.717) is 6.54 Å². The van der Waals surface area contributed by atoms with E-state index in [2.05, 4.69) is 5.32 Å². The topological polar surface area (TPSA) is 130 Å². The van der Waals surface area contributed by atoms with E-state index in [-0.39, 0.29) is 41.1 Å². The zero-order chi connectivity index (χ0) is 33.3. The van der Waals surface area contributed by atoms with Crippen LogP contribution in [0.3, 0.4) is 0 Å². The van der Waals surface area contributed by atoms with Crippen molar-refractivity contribution in [2.24, 2.45) is 5.92 Å². The molecule has 1 unspecified atom stereocenters. The van der Waals surface area contributed by atoms with Gasteiger partial charge in [-0.25, -0.2) is 8.42 Å². The van der Waals surface area contributed by atoms with Crippen LogP contribution < -0.4 is 9.62 Å². The fraction of sp³-hybridized carbons (Fsp3) is 0.257. The number of non-ortho nitro benzene ring substituents is 1. The number of nitro benzene ring substituents is 1. The summed E-state index contributed by atoms with van der Waals surface area (Å²) >= 11 is 0. The predicted octanol–water partition coefficient (Wildman–Crippen LogP) is 5.51. The summed E-state index contributed by atoms with van der Waals surface area (Å²) in [5.41, 5.74) is 2.47. The van der Waals surface area contributed by atoms with Crippen LogP contribution in [0.25, 0.3) is 0 Å². The smallest absolute Gasteiger partial charge is 0.269 e. The highest BCUT2D eigenvalue weighted by atomic mass is 32.2. The largest absolute Gasteiger partial charge is 0.354 e. The third kappa shape index (κ3) is 8.79. The lowest BCUT2D eigenvalue weighted by atomic mass is 10.0. The number of sulfonamides is 1. The maximum atomic E-state index is 14.5. The molecule has 4 aromatic rings. The van der Waals surface area contributed by atoms with Crippen LogP contribution in [0.1, 0.15) is 30.5 Å². The first kappa shape index (κ1) is 33.9. The zero-order valence-corrected chi connectivity index (χ0v) is 26.9. The molecule has 2 amide bonds. The second-order valence-corrected chi connectivity index (χ2v) is 13.3. The summed E-state index contributed by atoms with van der Waals surface area (Å²) in [6.07, 6.45) is 0.200. The number of amides is 2. The number of rotatable bonds is 14. The Labute approximate surface area is 269 Å². The van der Waals surface area contributed by atoms with Gasteiger partial charge in [-0.05, 0) is 48.2 Å². The van der Waals surface area contributed by atoms with Gasteiger partial charge in [0.25, 0.3) is 15.7 Å². The van der Waals surface area contributed by atoms with E-state index in [1.54, 1.807) is 18.2 Å². The Balaban J connectivity index is 1.80. The molecule has 0 aliphatic heterocycles. The second-order valence-electron chi connectivity index (χ2n) is 11.4. The molecule has 1 N–H and O–H groups in total. The van der Waals surface area contributed by atoms with Crippen molar-refractivity contribution in [3.63, 3.8) is 0 Å². The van der Waals surface area contributed by atoms with E-state index in [4.69, 9.17) is 0 Å². The van der Waals surface area contributed by atoms with Gasteiger partial charge >= 0.3 is 0 Å². The molecule has 0 saturated carbocycles.